The van der Waals surface area contributed by atoms with Gasteiger partial charge in [0.25, 0.3) is 5.91 Å². The number of benzene rings is 1. The molecule has 1 N–H and O–H groups in total. The van der Waals surface area contributed by atoms with Crippen molar-refractivity contribution in [3.8, 4) is 0 Å². The fraction of sp³-hybridized carbons (Fsp3) is 0.643. The first-order valence-electron chi connectivity index (χ1n) is 13.6. The van der Waals surface area contributed by atoms with Gasteiger partial charge in [-0.3, -0.25) is 9.69 Å². The van der Waals surface area contributed by atoms with Crippen LogP contribution in [-0.2, 0) is 22.4 Å². The smallest absolute Gasteiger partial charge is 0.300 e. The molecule has 0 radical (unpaired) electrons. The topological polar surface area (TPSA) is 65.4 Å². The maximum atomic E-state index is 13.6. The Morgan fingerprint density at radius 2 is 1.71 bits per heavy atom. The van der Waals surface area contributed by atoms with Gasteiger partial charge in [0, 0.05) is 31.2 Å². The number of hydrogen-bond donors (Lipinski definition) is 1. The molecule has 6 rings (SSSR count). The van der Waals surface area contributed by atoms with E-state index in [1.54, 1.807) is 0 Å². The normalized spacial score (nSPS) is 28.5. The van der Waals surface area contributed by atoms with Gasteiger partial charge in [0.15, 0.2) is 5.76 Å². The number of aryl methyl sites for hydroxylation is 1. The fourth-order valence-electron chi connectivity index (χ4n) is 6.71. The molecular weight excluding hydrogens is 426 g/mol. The van der Waals surface area contributed by atoms with Crippen molar-refractivity contribution in [2.75, 3.05) is 18.0 Å². The highest BCUT2D eigenvalue weighted by atomic mass is 16.5. The zero-order valence-electron chi connectivity index (χ0n) is 20.2. The third-order valence-electron chi connectivity index (χ3n) is 8.31. The van der Waals surface area contributed by atoms with Crippen LogP contribution >= 0.6 is 0 Å². The summed E-state index contributed by atoms with van der Waals surface area (Å²) in [6.45, 7) is 1.73. The number of aliphatic hydroxyl groups is 1. The minimum absolute atomic E-state index is 0.0329. The molecule has 0 aromatic heterocycles. The molecule has 3 fully saturated rings. The van der Waals surface area contributed by atoms with Crippen LogP contribution in [0.5, 0.6) is 0 Å². The molecular formula is C28H37N3O3. The summed E-state index contributed by atoms with van der Waals surface area (Å²) in [5, 5.41) is 10.4. The van der Waals surface area contributed by atoms with Crippen molar-refractivity contribution in [1.82, 2.24) is 4.90 Å². The summed E-state index contributed by atoms with van der Waals surface area (Å²) < 4.78 is 6.25. The number of aliphatic imine (C=N–C) groups is 1. The van der Waals surface area contributed by atoms with Crippen LogP contribution in [0.25, 0.3) is 6.08 Å². The molecule has 3 aliphatic heterocycles. The highest BCUT2D eigenvalue weighted by Gasteiger charge is 2.40. The van der Waals surface area contributed by atoms with E-state index in [9.17, 15) is 9.90 Å². The third-order valence-corrected chi connectivity index (χ3v) is 8.31. The standard InChI is InChI=1S/C28H37N3O3/c32-24-17-21-15-19(14-20-8-7-13-30(18-24)26(20)21)16-25-27(33)31(23-11-5-2-6-12-23)28(34-25)29-22-9-3-1-4-10-22/h14-16,22-24,32H,1-13,17-18H2/b25-16+,29-28?. The van der Waals surface area contributed by atoms with Crippen molar-refractivity contribution < 1.29 is 14.6 Å². The zero-order valence-corrected chi connectivity index (χ0v) is 20.2. The fourth-order valence-corrected chi connectivity index (χ4v) is 6.71. The van der Waals surface area contributed by atoms with Gasteiger partial charge in [0.2, 0.25) is 0 Å². The summed E-state index contributed by atoms with van der Waals surface area (Å²) >= 11 is 0. The van der Waals surface area contributed by atoms with Gasteiger partial charge in [-0.05, 0) is 73.4 Å². The second-order valence-corrected chi connectivity index (χ2v) is 10.9. The first kappa shape index (κ1) is 22.1. The first-order chi connectivity index (χ1) is 16.7. The predicted octanol–water partition coefficient (Wildman–Crippen LogP) is 4.58. The van der Waals surface area contributed by atoms with Crippen molar-refractivity contribution in [3.63, 3.8) is 0 Å². The lowest BCUT2D eigenvalue weighted by Gasteiger charge is -2.39. The van der Waals surface area contributed by atoms with Crippen LogP contribution in [0, 0.1) is 0 Å². The molecule has 6 heteroatoms. The monoisotopic (exact) mass is 463 g/mol. The van der Waals surface area contributed by atoms with Crippen LogP contribution in [0.15, 0.2) is 22.9 Å². The summed E-state index contributed by atoms with van der Waals surface area (Å²) in [7, 11) is 0. The molecule has 2 aliphatic carbocycles. The van der Waals surface area contributed by atoms with Gasteiger partial charge in [0.05, 0.1) is 12.1 Å². The van der Waals surface area contributed by atoms with E-state index >= 15 is 0 Å². The molecule has 182 valence electrons. The summed E-state index contributed by atoms with van der Waals surface area (Å²) in [5.74, 6) is 0.366. The predicted molar refractivity (Wildman–Crippen MR) is 134 cm³/mol. The molecule has 1 atom stereocenters. The molecule has 0 bridgehead atoms. The van der Waals surface area contributed by atoms with Gasteiger partial charge in [-0.2, -0.15) is 0 Å². The number of carbonyl (C=O) groups excluding carboxylic acids is 1. The molecule has 1 saturated heterocycles. The Bertz CT molecular complexity index is 1000. The molecule has 1 aromatic rings. The summed E-state index contributed by atoms with van der Waals surface area (Å²) in [4.78, 5) is 22.8. The Morgan fingerprint density at radius 1 is 0.971 bits per heavy atom. The van der Waals surface area contributed by atoms with Crippen LogP contribution in [0.3, 0.4) is 0 Å². The number of ether oxygens (including phenoxy) is 1. The van der Waals surface area contributed by atoms with E-state index in [-0.39, 0.29) is 24.1 Å². The van der Waals surface area contributed by atoms with Gasteiger partial charge in [-0.1, -0.05) is 38.5 Å². The lowest BCUT2D eigenvalue weighted by Crippen LogP contribution is -2.41. The van der Waals surface area contributed by atoms with E-state index in [0.717, 1.165) is 70.0 Å². The second kappa shape index (κ2) is 9.37. The SMILES string of the molecule is O=C1/C(=C\c2cc3c4c(c2)CC(O)CN4CCC3)OC(=NC2CCCCC2)N1C1CCCCC1. The Hall–Kier alpha value is -2.34. The first-order valence-corrected chi connectivity index (χ1v) is 13.6. The Balaban J connectivity index is 1.33. The van der Waals surface area contributed by atoms with Crippen LogP contribution in [0.2, 0.25) is 0 Å². The van der Waals surface area contributed by atoms with Gasteiger partial charge in [-0.25, -0.2) is 4.99 Å². The summed E-state index contributed by atoms with van der Waals surface area (Å²) in [6, 6.07) is 5.36. The van der Waals surface area contributed by atoms with Crippen LogP contribution < -0.4 is 4.90 Å². The van der Waals surface area contributed by atoms with Crippen molar-refractivity contribution >= 4 is 23.7 Å². The number of amidine groups is 1. The van der Waals surface area contributed by atoms with E-state index in [2.05, 4.69) is 17.0 Å². The lowest BCUT2D eigenvalue weighted by atomic mass is 9.89. The average Bonchev–Trinajstić information content (AvgIpc) is 3.14. The minimum Gasteiger partial charge on any atom is -0.420 e. The molecule has 2 saturated carbocycles. The highest BCUT2D eigenvalue weighted by Crippen LogP contribution is 2.37. The summed E-state index contributed by atoms with van der Waals surface area (Å²) in [5.41, 5.74) is 4.82. The molecule has 5 aliphatic rings. The number of carbonyl (C=O) groups is 1. The number of amides is 1. The van der Waals surface area contributed by atoms with E-state index in [1.165, 1.54) is 42.5 Å². The Kier molecular flexibility index (Phi) is 6.10. The van der Waals surface area contributed by atoms with Crippen molar-refractivity contribution in [1.29, 1.82) is 0 Å². The van der Waals surface area contributed by atoms with Gasteiger partial charge in [0.1, 0.15) is 0 Å². The molecule has 0 spiro atoms. The van der Waals surface area contributed by atoms with E-state index < -0.39 is 0 Å². The number of anilines is 1. The number of hydrogen-bond acceptors (Lipinski definition) is 5. The van der Waals surface area contributed by atoms with Gasteiger partial charge in [-0.15, -0.1) is 0 Å². The van der Waals surface area contributed by atoms with Crippen LogP contribution in [0.1, 0.15) is 87.3 Å². The van der Waals surface area contributed by atoms with Crippen LogP contribution in [0.4, 0.5) is 5.69 Å². The van der Waals surface area contributed by atoms with Crippen molar-refractivity contribution in [3.05, 3.63) is 34.6 Å². The Morgan fingerprint density at radius 3 is 2.50 bits per heavy atom. The maximum Gasteiger partial charge on any atom is 0.300 e. The third kappa shape index (κ3) is 4.26. The molecule has 1 amide bonds. The molecule has 1 unspecified atom stereocenters. The molecule has 34 heavy (non-hydrogen) atoms. The van der Waals surface area contributed by atoms with Crippen molar-refractivity contribution in [2.24, 2.45) is 4.99 Å². The van der Waals surface area contributed by atoms with Gasteiger partial charge >= 0.3 is 6.02 Å². The zero-order chi connectivity index (χ0) is 23.1. The van der Waals surface area contributed by atoms with E-state index in [0.29, 0.717) is 18.2 Å². The van der Waals surface area contributed by atoms with Gasteiger partial charge < -0.3 is 14.7 Å². The van der Waals surface area contributed by atoms with Crippen LogP contribution in [-0.4, -0.2) is 53.2 Å². The number of nitrogens with zero attached hydrogens (tertiary/aromatic N) is 3. The number of aliphatic hydroxyl groups excluding tert-OH is 1. The quantitative estimate of drug-likeness (QED) is 0.667. The summed E-state index contributed by atoms with van der Waals surface area (Å²) in [6.07, 6.45) is 15.9. The Labute approximate surface area is 202 Å². The van der Waals surface area contributed by atoms with E-state index in [1.807, 2.05) is 11.0 Å². The van der Waals surface area contributed by atoms with E-state index in [4.69, 9.17) is 9.73 Å². The molecule has 6 nitrogen and oxygen atoms in total. The lowest BCUT2D eigenvalue weighted by molar-refractivity contribution is -0.124. The number of rotatable bonds is 3. The minimum atomic E-state index is -0.332. The van der Waals surface area contributed by atoms with Crippen molar-refractivity contribution in [2.45, 2.75) is 102 Å². The largest absolute Gasteiger partial charge is 0.420 e. The molecule has 1 aromatic carbocycles. The second-order valence-electron chi connectivity index (χ2n) is 10.9. The molecule has 3 heterocycles. The average molecular weight is 464 g/mol. The highest BCUT2D eigenvalue weighted by molar-refractivity contribution is 6.11. The maximum absolute atomic E-state index is 13.6.